The molecule has 0 fully saturated rings. The number of alkyl carbamates (subject to hydrolysis) is 1. The van der Waals surface area contributed by atoms with Gasteiger partial charge in [-0.25, -0.2) is 4.79 Å². The van der Waals surface area contributed by atoms with Crippen molar-refractivity contribution in [3.05, 3.63) is 60.3 Å². The van der Waals surface area contributed by atoms with Crippen LogP contribution in [0.2, 0.25) is 0 Å². The molecule has 0 aliphatic heterocycles. The van der Waals surface area contributed by atoms with E-state index in [2.05, 4.69) is 10.1 Å². The van der Waals surface area contributed by atoms with Gasteiger partial charge in [0.2, 0.25) is 0 Å². The molecule has 1 amide bonds. The van der Waals surface area contributed by atoms with Gasteiger partial charge in [0.05, 0.1) is 5.52 Å². The molecule has 0 radical (unpaired) electrons. The maximum absolute atomic E-state index is 12.4. The predicted octanol–water partition coefficient (Wildman–Crippen LogP) is 5.55. The van der Waals surface area contributed by atoms with E-state index in [0.717, 1.165) is 16.5 Å². The van der Waals surface area contributed by atoms with Gasteiger partial charge in [-0.2, -0.15) is 0 Å². The zero-order chi connectivity index (χ0) is 21.2. The second-order valence-corrected chi connectivity index (χ2v) is 7.44. The van der Waals surface area contributed by atoms with E-state index >= 15 is 0 Å². The average Bonchev–Trinajstić information content (AvgIpc) is 2.97. The van der Waals surface area contributed by atoms with Crippen molar-refractivity contribution in [2.24, 2.45) is 0 Å². The number of halogens is 3. The maximum Gasteiger partial charge on any atom is 0.573 e. The molecule has 0 bridgehead atoms. The highest BCUT2D eigenvalue weighted by Crippen LogP contribution is 2.28. The molecule has 0 saturated carbocycles. The maximum atomic E-state index is 12.4. The van der Waals surface area contributed by atoms with Crippen LogP contribution in [-0.2, 0) is 11.3 Å². The molecule has 1 aromatic heterocycles. The van der Waals surface area contributed by atoms with Gasteiger partial charge in [-0.1, -0.05) is 18.2 Å². The lowest BCUT2D eigenvalue weighted by Crippen LogP contribution is -2.32. The van der Waals surface area contributed by atoms with Crippen molar-refractivity contribution in [1.82, 2.24) is 9.88 Å². The quantitative estimate of drug-likeness (QED) is 0.618. The van der Waals surface area contributed by atoms with Crippen LogP contribution < -0.4 is 10.1 Å². The summed E-state index contributed by atoms with van der Waals surface area (Å²) < 4.78 is 48.1. The van der Waals surface area contributed by atoms with Gasteiger partial charge in [-0.15, -0.1) is 13.2 Å². The van der Waals surface area contributed by atoms with Gasteiger partial charge >= 0.3 is 12.5 Å². The molecular weight excluding hydrogens is 385 g/mol. The topological polar surface area (TPSA) is 52.5 Å². The van der Waals surface area contributed by atoms with Crippen LogP contribution in [0.4, 0.5) is 18.0 Å². The normalized spacial score (nSPS) is 12.1. The van der Waals surface area contributed by atoms with E-state index < -0.39 is 18.1 Å². The van der Waals surface area contributed by atoms with Crippen LogP contribution in [-0.4, -0.2) is 22.6 Å². The van der Waals surface area contributed by atoms with Crippen LogP contribution in [0.3, 0.4) is 0 Å². The Kier molecular flexibility index (Phi) is 5.46. The highest BCUT2D eigenvalue weighted by molar-refractivity contribution is 5.86. The van der Waals surface area contributed by atoms with E-state index in [1.165, 1.54) is 12.1 Å². The molecule has 0 atom stereocenters. The van der Waals surface area contributed by atoms with Crippen molar-refractivity contribution in [2.45, 2.75) is 39.3 Å². The molecule has 5 nitrogen and oxygen atoms in total. The first kappa shape index (κ1) is 20.6. The molecule has 0 saturated heterocycles. The number of benzene rings is 2. The zero-order valence-corrected chi connectivity index (χ0v) is 16.2. The lowest BCUT2D eigenvalue weighted by Gasteiger charge is -2.19. The fourth-order valence-electron chi connectivity index (χ4n) is 2.89. The molecule has 0 unspecified atom stereocenters. The van der Waals surface area contributed by atoms with Gasteiger partial charge in [0, 0.05) is 23.8 Å². The molecular formula is C21H21F3N2O3. The summed E-state index contributed by atoms with van der Waals surface area (Å²) in [6, 6.07) is 13.2. The Hall–Kier alpha value is -3.16. The van der Waals surface area contributed by atoms with Crippen LogP contribution in [0.5, 0.6) is 5.75 Å². The van der Waals surface area contributed by atoms with Gasteiger partial charge in [0.25, 0.3) is 0 Å². The van der Waals surface area contributed by atoms with Crippen LogP contribution in [0.25, 0.3) is 16.6 Å². The number of carbonyl (C=O) groups excluding carboxylic acids is 1. The number of para-hydroxylation sites is 1. The Balaban J connectivity index is 1.85. The van der Waals surface area contributed by atoms with Crippen LogP contribution in [0.15, 0.2) is 54.7 Å². The van der Waals surface area contributed by atoms with Gasteiger partial charge in [0.15, 0.2) is 0 Å². The fraction of sp³-hybridized carbons (Fsp3) is 0.286. The molecule has 8 heteroatoms. The predicted molar refractivity (Wildman–Crippen MR) is 103 cm³/mol. The summed E-state index contributed by atoms with van der Waals surface area (Å²) in [5.41, 5.74) is 1.78. The van der Waals surface area contributed by atoms with E-state index in [-0.39, 0.29) is 12.3 Å². The Morgan fingerprint density at radius 3 is 2.31 bits per heavy atom. The molecule has 154 valence electrons. The fourth-order valence-corrected chi connectivity index (χ4v) is 2.89. The van der Waals surface area contributed by atoms with Gasteiger partial charge in [-0.05, 0) is 56.7 Å². The molecule has 0 spiro atoms. The molecule has 1 N–H and O–H groups in total. The molecule has 0 aliphatic carbocycles. The largest absolute Gasteiger partial charge is 0.573 e. The van der Waals surface area contributed by atoms with Gasteiger partial charge in [-0.3, -0.25) is 0 Å². The Bertz CT molecular complexity index is 1000. The minimum absolute atomic E-state index is 0.248. The highest BCUT2D eigenvalue weighted by Gasteiger charge is 2.31. The Labute approximate surface area is 166 Å². The number of amides is 1. The third kappa shape index (κ3) is 5.43. The summed E-state index contributed by atoms with van der Waals surface area (Å²) in [5, 5.41) is 3.64. The number of ether oxygens (including phenoxy) is 2. The second-order valence-electron chi connectivity index (χ2n) is 7.44. The van der Waals surface area contributed by atoms with E-state index in [4.69, 9.17) is 4.74 Å². The summed E-state index contributed by atoms with van der Waals surface area (Å²) in [6.45, 7) is 5.59. The first-order valence-electron chi connectivity index (χ1n) is 8.94. The van der Waals surface area contributed by atoms with Crippen LogP contribution in [0, 0.1) is 0 Å². The van der Waals surface area contributed by atoms with E-state index in [9.17, 15) is 18.0 Å². The first-order chi connectivity index (χ1) is 13.5. The number of nitrogens with one attached hydrogen (secondary N) is 1. The number of hydrogen-bond donors (Lipinski definition) is 1. The van der Waals surface area contributed by atoms with Crippen molar-refractivity contribution >= 4 is 17.0 Å². The molecule has 2 aromatic carbocycles. The lowest BCUT2D eigenvalue weighted by molar-refractivity contribution is -0.274. The summed E-state index contributed by atoms with van der Waals surface area (Å²) in [6.07, 6.45) is -3.42. The number of alkyl halides is 3. The standard InChI is InChI=1S/C21H21F3N2O3/c1-20(2,3)29-19(27)25-12-14-13-26(18-7-5-4-6-17(14)18)15-8-10-16(11-9-15)28-21(22,23)24/h4-11,13H,12H2,1-3H3,(H,25,27). The molecule has 0 aliphatic rings. The number of nitrogens with zero attached hydrogens (tertiary/aromatic N) is 1. The average molecular weight is 406 g/mol. The highest BCUT2D eigenvalue weighted by atomic mass is 19.4. The van der Waals surface area contributed by atoms with Crippen LogP contribution in [0.1, 0.15) is 26.3 Å². The van der Waals surface area contributed by atoms with Crippen molar-refractivity contribution < 1.29 is 27.4 Å². The van der Waals surface area contributed by atoms with Crippen LogP contribution >= 0.6 is 0 Å². The zero-order valence-electron chi connectivity index (χ0n) is 16.2. The Morgan fingerprint density at radius 1 is 1.03 bits per heavy atom. The lowest BCUT2D eigenvalue weighted by atomic mass is 10.2. The first-order valence-corrected chi connectivity index (χ1v) is 8.94. The number of hydrogen-bond acceptors (Lipinski definition) is 3. The van der Waals surface area contributed by atoms with Crippen molar-refractivity contribution in [1.29, 1.82) is 0 Å². The second kappa shape index (κ2) is 7.69. The Morgan fingerprint density at radius 2 is 1.69 bits per heavy atom. The summed E-state index contributed by atoms with van der Waals surface area (Å²) >= 11 is 0. The SMILES string of the molecule is CC(C)(C)OC(=O)NCc1cn(-c2ccc(OC(F)(F)F)cc2)c2ccccc12. The smallest absolute Gasteiger partial charge is 0.444 e. The summed E-state index contributed by atoms with van der Waals surface area (Å²) in [5.74, 6) is -0.287. The summed E-state index contributed by atoms with van der Waals surface area (Å²) in [7, 11) is 0. The van der Waals surface area contributed by atoms with E-state index in [1.807, 2.05) is 35.0 Å². The van der Waals surface area contributed by atoms with E-state index in [1.54, 1.807) is 32.9 Å². The minimum Gasteiger partial charge on any atom is -0.444 e. The molecule has 3 rings (SSSR count). The number of rotatable bonds is 4. The molecule has 1 heterocycles. The third-order valence-electron chi connectivity index (χ3n) is 3.97. The van der Waals surface area contributed by atoms with Crippen molar-refractivity contribution in [2.75, 3.05) is 0 Å². The number of aromatic nitrogens is 1. The molecule has 29 heavy (non-hydrogen) atoms. The monoisotopic (exact) mass is 406 g/mol. The minimum atomic E-state index is -4.73. The molecule has 3 aromatic rings. The summed E-state index contributed by atoms with van der Waals surface area (Å²) in [4.78, 5) is 12.0. The van der Waals surface area contributed by atoms with Crippen molar-refractivity contribution in [3.63, 3.8) is 0 Å². The van der Waals surface area contributed by atoms with Crippen molar-refractivity contribution in [3.8, 4) is 11.4 Å². The third-order valence-corrected chi connectivity index (χ3v) is 3.97. The van der Waals surface area contributed by atoms with E-state index in [0.29, 0.717) is 5.69 Å². The van der Waals surface area contributed by atoms with Gasteiger partial charge in [0.1, 0.15) is 11.4 Å². The number of carbonyl (C=O) groups is 1. The van der Waals surface area contributed by atoms with Gasteiger partial charge < -0.3 is 19.4 Å². The number of fused-ring (bicyclic) bond motifs is 1.